The Labute approximate surface area is 91.6 Å². The second-order valence-corrected chi connectivity index (χ2v) is 12.9. The van der Waals surface area contributed by atoms with Crippen molar-refractivity contribution in [2.24, 2.45) is 0 Å². The van der Waals surface area contributed by atoms with Gasteiger partial charge in [0.2, 0.25) is 0 Å². The maximum atomic E-state index is 5.75. The molecule has 0 nitrogen and oxygen atoms in total. The van der Waals surface area contributed by atoms with E-state index in [-0.39, 0.29) is 0 Å². The van der Waals surface area contributed by atoms with Gasteiger partial charge in [0.25, 0.3) is 0 Å². The summed E-state index contributed by atoms with van der Waals surface area (Å²) in [5.74, 6) is 0. The molecule has 5 heteroatoms. The molecule has 0 saturated carbocycles. The van der Waals surface area contributed by atoms with Crippen LogP contribution in [0, 0.1) is 0 Å². The molecule has 0 saturated heterocycles. The number of halogens is 3. The van der Waals surface area contributed by atoms with Crippen LogP contribution >= 0.6 is 44.6 Å². The van der Waals surface area contributed by atoms with E-state index in [9.17, 15) is 0 Å². The van der Waals surface area contributed by atoms with Crippen LogP contribution in [0.5, 0.6) is 0 Å². The smallest absolute Gasteiger partial charge is 0.149 e. The zero-order valence-corrected chi connectivity index (χ0v) is 10.5. The summed E-state index contributed by atoms with van der Waals surface area (Å²) in [7, 11) is 0. The maximum Gasteiger partial charge on any atom is 0.341 e. The molecule has 0 aliphatic carbocycles. The van der Waals surface area contributed by atoms with Gasteiger partial charge in [-0.15, -0.1) is 44.6 Å². The molecule has 1 aromatic rings. The summed E-state index contributed by atoms with van der Waals surface area (Å²) in [5, 5.41) is 2.07. The quantitative estimate of drug-likeness (QED) is 0.557. The Hall–Kier alpha value is 0.787. The van der Waals surface area contributed by atoms with Crippen LogP contribution in [0.2, 0.25) is 6.04 Å². The Balaban J connectivity index is 2.20. The molecule has 0 aliphatic heterocycles. The molecule has 0 N–H and O–H groups in total. The number of rotatable bonds is 4. The third kappa shape index (κ3) is 4.73. The van der Waals surface area contributed by atoms with Crippen LogP contribution in [0.25, 0.3) is 0 Å². The monoisotopic (exact) mass is 258 g/mol. The van der Waals surface area contributed by atoms with Crippen molar-refractivity contribution in [1.29, 1.82) is 0 Å². The van der Waals surface area contributed by atoms with Gasteiger partial charge in [-0.2, -0.15) is 0 Å². The number of aryl methyl sites for hydroxylation is 1. The van der Waals surface area contributed by atoms with Gasteiger partial charge in [-0.3, -0.25) is 0 Å². The molecule has 0 fully saturated rings. The maximum absolute atomic E-state index is 5.75. The van der Waals surface area contributed by atoms with Gasteiger partial charge >= 0.3 is 6.00 Å². The lowest BCUT2D eigenvalue weighted by atomic mass is 10.3. The van der Waals surface area contributed by atoms with Crippen molar-refractivity contribution in [3.05, 3.63) is 22.4 Å². The standard InChI is InChI=1S/C7H9Cl3SSi/c8-12(9,10)6-2-4-7-3-1-5-11-7/h1,3,5H,2,4,6H2. The van der Waals surface area contributed by atoms with E-state index in [1.807, 2.05) is 6.07 Å². The zero-order valence-electron chi connectivity index (χ0n) is 6.40. The summed E-state index contributed by atoms with van der Waals surface area (Å²) in [5.41, 5.74) is 0. The first-order valence-corrected chi connectivity index (χ1v) is 9.79. The minimum atomic E-state index is -2.37. The Morgan fingerprint density at radius 2 is 2.08 bits per heavy atom. The summed E-state index contributed by atoms with van der Waals surface area (Å²) in [6.45, 7) is 0. The van der Waals surface area contributed by atoms with Crippen molar-refractivity contribution in [1.82, 2.24) is 0 Å². The summed E-state index contributed by atoms with van der Waals surface area (Å²) in [4.78, 5) is 1.37. The molecular formula is C7H9Cl3SSi. The molecule has 1 aromatic heterocycles. The molecule has 12 heavy (non-hydrogen) atoms. The van der Waals surface area contributed by atoms with Crippen LogP contribution < -0.4 is 0 Å². The van der Waals surface area contributed by atoms with Crippen molar-refractivity contribution in [2.45, 2.75) is 18.9 Å². The van der Waals surface area contributed by atoms with Crippen molar-refractivity contribution in [3.8, 4) is 0 Å². The fourth-order valence-corrected chi connectivity index (χ4v) is 3.45. The number of thiophene rings is 1. The van der Waals surface area contributed by atoms with E-state index >= 15 is 0 Å². The topological polar surface area (TPSA) is 0 Å². The molecule has 0 bridgehead atoms. The first kappa shape index (κ1) is 10.9. The second-order valence-electron chi connectivity index (χ2n) is 2.55. The van der Waals surface area contributed by atoms with Gasteiger partial charge < -0.3 is 0 Å². The summed E-state index contributed by atoms with van der Waals surface area (Å²) < 4.78 is 0. The molecule has 0 amide bonds. The SMILES string of the molecule is Cl[Si](Cl)(Cl)CCCc1cccs1. The minimum absolute atomic E-state index is 0.759. The predicted octanol–water partition coefficient (Wildman–Crippen LogP) is 4.34. The highest BCUT2D eigenvalue weighted by Crippen LogP contribution is 2.27. The Morgan fingerprint density at radius 3 is 2.58 bits per heavy atom. The highest BCUT2D eigenvalue weighted by molar-refractivity contribution is 7.64. The first-order chi connectivity index (χ1) is 5.58. The van der Waals surface area contributed by atoms with Crippen molar-refractivity contribution >= 4 is 50.6 Å². The van der Waals surface area contributed by atoms with Gasteiger partial charge in [0.1, 0.15) is 0 Å². The zero-order chi connectivity index (χ0) is 9.03. The van der Waals surface area contributed by atoms with Crippen LogP contribution in [0.15, 0.2) is 17.5 Å². The molecule has 0 aliphatic rings. The molecular weight excluding hydrogens is 251 g/mol. The second kappa shape index (κ2) is 4.87. The van der Waals surface area contributed by atoms with Crippen LogP contribution in [-0.4, -0.2) is 6.00 Å². The Morgan fingerprint density at radius 1 is 1.33 bits per heavy atom. The largest absolute Gasteiger partial charge is 0.341 e. The van der Waals surface area contributed by atoms with E-state index < -0.39 is 6.00 Å². The molecule has 0 spiro atoms. The van der Waals surface area contributed by atoms with Crippen molar-refractivity contribution in [2.75, 3.05) is 0 Å². The van der Waals surface area contributed by atoms with Gasteiger partial charge in [-0.25, -0.2) is 0 Å². The Bertz CT molecular complexity index is 217. The van der Waals surface area contributed by atoms with Crippen molar-refractivity contribution < 1.29 is 0 Å². The molecule has 1 rings (SSSR count). The minimum Gasteiger partial charge on any atom is -0.149 e. The van der Waals surface area contributed by atoms with E-state index in [1.165, 1.54) is 4.88 Å². The van der Waals surface area contributed by atoms with Crippen LogP contribution in [-0.2, 0) is 6.42 Å². The molecule has 0 aromatic carbocycles. The van der Waals surface area contributed by atoms with Crippen LogP contribution in [0.4, 0.5) is 0 Å². The van der Waals surface area contributed by atoms with Gasteiger partial charge in [-0.05, 0) is 30.3 Å². The highest BCUT2D eigenvalue weighted by Gasteiger charge is 2.23. The average Bonchev–Trinajstić information content (AvgIpc) is 2.36. The average molecular weight is 260 g/mol. The molecule has 68 valence electrons. The Kier molecular flexibility index (Phi) is 4.41. The van der Waals surface area contributed by atoms with Crippen LogP contribution in [0.1, 0.15) is 11.3 Å². The van der Waals surface area contributed by atoms with Gasteiger partial charge in [0, 0.05) is 4.88 Å². The van der Waals surface area contributed by atoms with E-state index in [4.69, 9.17) is 33.2 Å². The fourth-order valence-electron chi connectivity index (χ4n) is 0.918. The molecule has 0 unspecified atom stereocenters. The predicted molar refractivity (Wildman–Crippen MR) is 60.8 cm³/mol. The lowest BCUT2D eigenvalue weighted by molar-refractivity contribution is 0.932. The van der Waals surface area contributed by atoms with Gasteiger partial charge in [-0.1, -0.05) is 6.07 Å². The normalized spacial score (nSPS) is 11.9. The third-order valence-corrected chi connectivity index (χ3v) is 5.02. The van der Waals surface area contributed by atoms with E-state index in [2.05, 4.69) is 11.4 Å². The molecule has 0 radical (unpaired) electrons. The van der Waals surface area contributed by atoms with E-state index in [1.54, 1.807) is 11.3 Å². The van der Waals surface area contributed by atoms with Crippen LogP contribution in [0.3, 0.4) is 0 Å². The van der Waals surface area contributed by atoms with E-state index in [0.717, 1.165) is 18.9 Å². The third-order valence-electron chi connectivity index (χ3n) is 1.46. The number of hydrogen-bond donors (Lipinski definition) is 0. The first-order valence-electron chi connectivity index (χ1n) is 3.67. The lowest BCUT2D eigenvalue weighted by Crippen LogP contribution is -2.08. The highest BCUT2D eigenvalue weighted by atomic mass is 35.8. The van der Waals surface area contributed by atoms with Crippen molar-refractivity contribution in [3.63, 3.8) is 0 Å². The van der Waals surface area contributed by atoms with Gasteiger partial charge in [0.15, 0.2) is 0 Å². The van der Waals surface area contributed by atoms with E-state index in [0.29, 0.717) is 0 Å². The lowest BCUT2D eigenvalue weighted by Gasteiger charge is -2.05. The summed E-state index contributed by atoms with van der Waals surface area (Å²) >= 11 is 19.0. The fraction of sp³-hybridized carbons (Fsp3) is 0.429. The molecule has 1 heterocycles. The summed E-state index contributed by atoms with van der Waals surface area (Å²) in [6.07, 6.45) is 2.03. The number of hydrogen-bond acceptors (Lipinski definition) is 1. The molecule has 0 atom stereocenters. The summed E-state index contributed by atoms with van der Waals surface area (Å²) in [6, 6.07) is 2.55. The van der Waals surface area contributed by atoms with Gasteiger partial charge in [0.05, 0.1) is 0 Å².